The maximum Gasteiger partial charge on any atom is 0.151 e. The predicted molar refractivity (Wildman–Crippen MR) is 91.4 cm³/mol. The molecule has 0 amide bonds. The van der Waals surface area contributed by atoms with Crippen molar-refractivity contribution in [1.29, 1.82) is 0 Å². The van der Waals surface area contributed by atoms with Crippen molar-refractivity contribution < 1.29 is 0 Å². The maximum atomic E-state index is 5.80. The van der Waals surface area contributed by atoms with E-state index in [-0.39, 0.29) is 0 Å². The summed E-state index contributed by atoms with van der Waals surface area (Å²) in [6.45, 7) is 8.47. The molecule has 0 bridgehead atoms. The van der Waals surface area contributed by atoms with Gasteiger partial charge in [0, 0.05) is 13.1 Å². The highest BCUT2D eigenvalue weighted by Crippen LogP contribution is 2.25. The van der Waals surface area contributed by atoms with E-state index in [0.29, 0.717) is 5.15 Å². The van der Waals surface area contributed by atoms with Gasteiger partial charge in [-0.05, 0) is 75.7 Å². The molecule has 22 heavy (non-hydrogen) atoms. The molecule has 0 saturated carbocycles. The standard InChI is InChI=1S/C17H27ClN4/c1-14-4-9-21(10-5-14)11-6-15-7-12-22(13-8-15)17-3-2-16(18)19-20-17/h2-3,14-15H,4-13H2,1H3. The van der Waals surface area contributed by atoms with Crippen LogP contribution in [-0.2, 0) is 0 Å². The third-order valence-corrected chi connectivity index (χ3v) is 5.49. The number of piperidine rings is 2. The fraction of sp³-hybridized carbons (Fsp3) is 0.765. The van der Waals surface area contributed by atoms with E-state index in [1.165, 1.54) is 51.7 Å². The minimum absolute atomic E-state index is 0.467. The zero-order valence-corrected chi connectivity index (χ0v) is 14.3. The van der Waals surface area contributed by atoms with Crippen molar-refractivity contribution in [2.45, 2.75) is 39.0 Å². The topological polar surface area (TPSA) is 32.3 Å². The Labute approximate surface area is 138 Å². The molecule has 2 aliphatic rings. The lowest BCUT2D eigenvalue weighted by Crippen LogP contribution is -2.37. The SMILES string of the molecule is CC1CCN(CCC2CCN(c3ccc(Cl)nn3)CC2)CC1. The Kier molecular flexibility index (Phi) is 5.53. The van der Waals surface area contributed by atoms with Crippen molar-refractivity contribution in [2.75, 3.05) is 37.6 Å². The molecule has 3 rings (SSSR count). The van der Waals surface area contributed by atoms with Gasteiger partial charge in [0.2, 0.25) is 0 Å². The number of hydrogen-bond acceptors (Lipinski definition) is 4. The lowest BCUT2D eigenvalue weighted by Gasteiger charge is -2.35. The van der Waals surface area contributed by atoms with Crippen molar-refractivity contribution in [1.82, 2.24) is 15.1 Å². The van der Waals surface area contributed by atoms with Crippen molar-refractivity contribution in [3.05, 3.63) is 17.3 Å². The molecule has 5 heteroatoms. The highest BCUT2D eigenvalue weighted by Gasteiger charge is 2.22. The Morgan fingerprint density at radius 2 is 1.77 bits per heavy atom. The molecular weight excluding hydrogens is 296 g/mol. The van der Waals surface area contributed by atoms with Gasteiger partial charge in [0.05, 0.1) is 0 Å². The van der Waals surface area contributed by atoms with Gasteiger partial charge >= 0.3 is 0 Å². The fourth-order valence-corrected chi connectivity index (χ4v) is 3.68. The molecule has 4 nitrogen and oxygen atoms in total. The molecule has 0 radical (unpaired) electrons. The summed E-state index contributed by atoms with van der Waals surface area (Å²) < 4.78 is 0. The predicted octanol–water partition coefficient (Wildman–Crippen LogP) is 3.47. The van der Waals surface area contributed by atoms with Crippen LogP contribution in [0, 0.1) is 11.8 Å². The number of halogens is 1. The first kappa shape index (κ1) is 16.0. The Morgan fingerprint density at radius 1 is 1.05 bits per heavy atom. The summed E-state index contributed by atoms with van der Waals surface area (Å²) in [5.74, 6) is 2.77. The normalized spacial score (nSPS) is 22.2. The van der Waals surface area contributed by atoms with Gasteiger partial charge in [-0.3, -0.25) is 0 Å². The van der Waals surface area contributed by atoms with Gasteiger partial charge in [0.1, 0.15) is 0 Å². The number of hydrogen-bond donors (Lipinski definition) is 0. The molecule has 3 heterocycles. The van der Waals surface area contributed by atoms with E-state index in [0.717, 1.165) is 30.7 Å². The molecule has 0 N–H and O–H groups in total. The number of aromatic nitrogens is 2. The largest absolute Gasteiger partial charge is 0.355 e. The van der Waals surface area contributed by atoms with Crippen LogP contribution < -0.4 is 4.90 Å². The van der Waals surface area contributed by atoms with E-state index in [4.69, 9.17) is 11.6 Å². The fourth-order valence-electron chi connectivity index (χ4n) is 3.58. The number of rotatable bonds is 4. The second-order valence-electron chi connectivity index (χ2n) is 6.96. The van der Waals surface area contributed by atoms with Gasteiger partial charge in [-0.25, -0.2) is 0 Å². The maximum absolute atomic E-state index is 5.80. The van der Waals surface area contributed by atoms with Crippen LogP contribution in [-0.4, -0.2) is 47.8 Å². The summed E-state index contributed by atoms with van der Waals surface area (Å²) in [4.78, 5) is 5.00. The van der Waals surface area contributed by atoms with Gasteiger partial charge in [-0.1, -0.05) is 18.5 Å². The number of anilines is 1. The van der Waals surface area contributed by atoms with Crippen molar-refractivity contribution in [2.24, 2.45) is 11.8 Å². The lowest BCUT2D eigenvalue weighted by molar-refractivity contribution is 0.176. The number of likely N-dealkylation sites (tertiary alicyclic amines) is 1. The molecule has 1 aromatic rings. The van der Waals surface area contributed by atoms with E-state index in [9.17, 15) is 0 Å². The van der Waals surface area contributed by atoms with Gasteiger partial charge in [-0.2, -0.15) is 0 Å². The van der Waals surface area contributed by atoms with Gasteiger partial charge in [-0.15, -0.1) is 10.2 Å². The molecular formula is C17H27ClN4. The smallest absolute Gasteiger partial charge is 0.151 e. The second-order valence-corrected chi connectivity index (χ2v) is 7.34. The quantitative estimate of drug-likeness (QED) is 0.849. The molecule has 2 fully saturated rings. The van der Waals surface area contributed by atoms with Crippen LogP contribution >= 0.6 is 11.6 Å². The van der Waals surface area contributed by atoms with Gasteiger partial charge in [0.15, 0.2) is 11.0 Å². The van der Waals surface area contributed by atoms with Crippen LogP contribution in [0.25, 0.3) is 0 Å². The highest BCUT2D eigenvalue weighted by atomic mass is 35.5. The van der Waals surface area contributed by atoms with Gasteiger partial charge < -0.3 is 9.80 Å². The van der Waals surface area contributed by atoms with E-state index in [1.807, 2.05) is 12.1 Å². The summed E-state index contributed by atoms with van der Waals surface area (Å²) in [6.07, 6.45) is 6.67. The molecule has 122 valence electrons. The third kappa shape index (κ3) is 4.32. The molecule has 2 aliphatic heterocycles. The van der Waals surface area contributed by atoms with Crippen LogP contribution in [0.3, 0.4) is 0 Å². The van der Waals surface area contributed by atoms with E-state index in [2.05, 4.69) is 26.9 Å². The first-order chi connectivity index (χ1) is 10.7. The van der Waals surface area contributed by atoms with Gasteiger partial charge in [0.25, 0.3) is 0 Å². The Balaban J connectivity index is 1.39. The monoisotopic (exact) mass is 322 g/mol. The summed E-state index contributed by atoms with van der Waals surface area (Å²) in [5.41, 5.74) is 0. The Morgan fingerprint density at radius 3 is 2.41 bits per heavy atom. The Hall–Kier alpha value is -0.870. The van der Waals surface area contributed by atoms with E-state index >= 15 is 0 Å². The lowest BCUT2D eigenvalue weighted by atomic mass is 9.92. The summed E-state index contributed by atoms with van der Waals surface area (Å²) in [6, 6.07) is 3.80. The average molecular weight is 323 g/mol. The zero-order chi connectivity index (χ0) is 15.4. The first-order valence-electron chi connectivity index (χ1n) is 8.67. The molecule has 0 aromatic carbocycles. The van der Waals surface area contributed by atoms with Crippen molar-refractivity contribution >= 4 is 17.4 Å². The van der Waals surface area contributed by atoms with E-state index in [1.54, 1.807) is 0 Å². The molecule has 0 aliphatic carbocycles. The minimum atomic E-state index is 0.467. The van der Waals surface area contributed by atoms with Crippen molar-refractivity contribution in [3.8, 4) is 0 Å². The van der Waals surface area contributed by atoms with Crippen LogP contribution in [0.1, 0.15) is 39.0 Å². The zero-order valence-electron chi connectivity index (χ0n) is 13.5. The third-order valence-electron chi connectivity index (χ3n) is 5.29. The second kappa shape index (κ2) is 7.60. The van der Waals surface area contributed by atoms with Crippen LogP contribution in [0.15, 0.2) is 12.1 Å². The molecule has 2 saturated heterocycles. The Bertz CT molecular complexity index is 448. The van der Waals surface area contributed by atoms with E-state index < -0.39 is 0 Å². The first-order valence-corrected chi connectivity index (χ1v) is 9.05. The summed E-state index contributed by atoms with van der Waals surface area (Å²) in [5, 5.41) is 8.60. The average Bonchev–Trinajstić information content (AvgIpc) is 2.56. The molecule has 0 unspecified atom stereocenters. The van der Waals surface area contributed by atoms with Crippen LogP contribution in [0.5, 0.6) is 0 Å². The van der Waals surface area contributed by atoms with Crippen LogP contribution in [0.4, 0.5) is 5.82 Å². The summed E-state index contributed by atoms with van der Waals surface area (Å²) >= 11 is 5.80. The van der Waals surface area contributed by atoms with Crippen molar-refractivity contribution in [3.63, 3.8) is 0 Å². The molecule has 0 spiro atoms. The molecule has 1 aromatic heterocycles. The summed E-state index contributed by atoms with van der Waals surface area (Å²) in [7, 11) is 0. The van der Waals surface area contributed by atoms with Crippen LogP contribution in [0.2, 0.25) is 5.15 Å². The highest BCUT2D eigenvalue weighted by molar-refractivity contribution is 6.29. The molecule has 0 atom stereocenters. The number of nitrogens with zero attached hydrogens (tertiary/aromatic N) is 4. The minimum Gasteiger partial charge on any atom is -0.355 e.